The Morgan fingerprint density at radius 2 is 2.00 bits per heavy atom. The third-order valence-corrected chi connectivity index (χ3v) is 5.86. The number of nitrogens with one attached hydrogen (secondary N) is 1. The predicted octanol–water partition coefficient (Wildman–Crippen LogP) is 5.05. The quantitative estimate of drug-likeness (QED) is 0.657. The second-order valence-electron chi connectivity index (χ2n) is 7.23. The maximum Gasteiger partial charge on any atom is 0.167 e. The lowest BCUT2D eigenvalue weighted by atomic mass is 9.83. The first kappa shape index (κ1) is 18.2. The number of hydrogen-bond donors (Lipinski definition) is 2. The number of hydrogen-bond acceptors (Lipinski definition) is 4. The summed E-state index contributed by atoms with van der Waals surface area (Å²) in [6, 6.07) is 5.50. The molecule has 2 aromatic rings. The molecule has 0 radical (unpaired) electrons. The minimum Gasteiger partial charge on any atom is -0.453 e. The van der Waals surface area contributed by atoms with Crippen molar-refractivity contribution in [3.8, 4) is 11.5 Å². The summed E-state index contributed by atoms with van der Waals surface area (Å²) >= 11 is 3.43. The summed E-state index contributed by atoms with van der Waals surface area (Å²) in [7, 11) is 0. The Morgan fingerprint density at radius 1 is 1.26 bits per heavy atom. The van der Waals surface area contributed by atoms with Crippen LogP contribution < -0.4 is 15.8 Å². The SMILES string of the molecule is C[C@@H]1Nc2ccc(Br)c(Oc3cc(F)c(N)cc3F)c2CC1C(=O)C1CC1. The molecule has 0 amide bonds. The molecule has 7 heteroatoms. The number of carbonyl (C=O) groups is 1. The van der Waals surface area contributed by atoms with Crippen LogP contribution in [0.3, 0.4) is 0 Å². The molecule has 4 rings (SSSR count). The molecule has 1 saturated carbocycles. The average molecular weight is 437 g/mol. The first-order chi connectivity index (χ1) is 12.8. The van der Waals surface area contributed by atoms with E-state index in [0.717, 1.165) is 36.2 Å². The molecule has 27 heavy (non-hydrogen) atoms. The van der Waals surface area contributed by atoms with Gasteiger partial charge in [-0.25, -0.2) is 8.78 Å². The van der Waals surface area contributed by atoms with E-state index < -0.39 is 11.6 Å². The van der Waals surface area contributed by atoms with Crippen molar-refractivity contribution in [3.05, 3.63) is 45.9 Å². The Morgan fingerprint density at radius 3 is 2.70 bits per heavy atom. The summed E-state index contributed by atoms with van der Waals surface area (Å²) < 4.78 is 34.3. The van der Waals surface area contributed by atoms with Crippen LogP contribution in [0.2, 0.25) is 0 Å². The molecule has 3 N–H and O–H groups in total. The third-order valence-electron chi connectivity index (χ3n) is 5.23. The van der Waals surface area contributed by atoms with Crippen molar-refractivity contribution < 1.29 is 18.3 Å². The number of ketones is 1. The fraction of sp³-hybridized carbons (Fsp3) is 0.350. The number of fused-ring (bicyclic) bond motifs is 1. The van der Waals surface area contributed by atoms with Crippen molar-refractivity contribution in [1.82, 2.24) is 0 Å². The van der Waals surface area contributed by atoms with E-state index >= 15 is 0 Å². The Bertz CT molecular complexity index is 931. The van der Waals surface area contributed by atoms with Crippen LogP contribution in [-0.4, -0.2) is 11.8 Å². The van der Waals surface area contributed by atoms with Gasteiger partial charge in [0.05, 0.1) is 10.2 Å². The average Bonchev–Trinajstić information content (AvgIpc) is 3.46. The van der Waals surface area contributed by atoms with Crippen molar-refractivity contribution in [1.29, 1.82) is 0 Å². The molecule has 0 bridgehead atoms. The molecule has 2 atom stereocenters. The fourth-order valence-electron chi connectivity index (χ4n) is 3.54. The summed E-state index contributed by atoms with van der Waals surface area (Å²) in [6.07, 6.45) is 2.39. The van der Waals surface area contributed by atoms with E-state index in [4.69, 9.17) is 10.5 Å². The van der Waals surface area contributed by atoms with E-state index in [1.807, 2.05) is 13.0 Å². The summed E-state index contributed by atoms with van der Waals surface area (Å²) in [5.41, 5.74) is 6.73. The molecular weight excluding hydrogens is 418 g/mol. The highest BCUT2D eigenvalue weighted by Gasteiger charge is 2.40. The highest BCUT2D eigenvalue weighted by atomic mass is 79.9. The number of nitrogens with two attached hydrogens (primary N) is 1. The Hall–Kier alpha value is -2.15. The molecule has 0 saturated heterocycles. The second kappa shape index (κ2) is 6.78. The van der Waals surface area contributed by atoms with Crippen LogP contribution in [0.5, 0.6) is 11.5 Å². The van der Waals surface area contributed by atoms with Gasteiger partial charge in [-0.05, 0) is 54.2 Å². The molecular formula is C20H19BrF2N2O2. The molecule has 1 unspecified atom stereocenters. The lowest BCUT2D eigenvalue weighted by Crippen LogP contribution is -2.38. The topological polar surface area (TPSA) is 64.3 Å². The summed E-state index contributed by atoms with van der Waals surface area (Å²) in [4.78, 5) is 12.7. The van der Waals surface area contributed by atoms with Crippen molar-refractivity contribution >= 4 is 33.1 Å². The van der Waals surface area contributed by atoms with Gasteiger partial charge in [0.1, 0.15) is 17.3 Å². The molecule has 4 nitrogen and oxygen atoms in total. The van der Waals surface area contributed by atoms with E-state index in [1.165, 1.54) is 0 Å². The van der Waals surface area contributed by atoms with Gasteiger partial charge in [-0.15, -0.1) is 0 Å². The van der Waals surface area contributed by atoms with Gasteiger partial charge >= 0.3 is 0 Å². The van der Waals surface area contributed by atoms with E-state index in [-0.39, 0.29) is 35.1 Å². The van der Waals surface area contributed by atoms with Crippen LogP contribution in [0.4, 0.5) is 20.2 Å². The normalized spacial score (nSPS) is 21.3. The lowest BCUT2D eigenvalue weighted by Gasteiger charge is -2.33. The monoisotopic (exact) mass is 436 g/mol. The molecule has 1 heterocycles. The van der Waals surface area contributed by atoms with Gasteiger partial charge in [0, 0.05) is 41.3 Å². The van der Waals surface area contributed by atoms with Gasteiger partial charge in [0.25, 0.3) is 0 Å². The Labute approximate surface area is 164 Å². The summed E-state index contributed by atoms with van der Waals surface area (Å²) in [6.45, 7) is 1.99. The number of nitrogen functional groups attached to an aromatic ring is 1. The van der Waals surface area contributed by atoms with Gasteiger partial charge in [0.2, 0.25) is 0 Å². The molecule has 142 valence electrons. The lowest BCUT2D eigenvalue weighted by molar-refractivity contribution is -0.124. The smallest absolute Gasteiger partial charge is 0.167 e. The highest BCUT2D eigenvalue weighted by Crippen LogP contribution is 2.44. The molecule has 2 aliphatic rings. The summed E-state index contributed by atoms with van der Waals surface area (Å²) in [5, 5.41) is 3.35. The Balaban J connectivity index is 1.71. The zero-order valence-corrected chi connectivity index (χ0v) is 16.3. The van der Waals surface area contributed by atoms with Crippen molar-refractivity contribution in [2.75, 3.05) is 11.1 Å². The van der Waals surface area contributed by atoms with Gasteiger partial charge < -0.3 is 15.8 Å². The van der Waals surface area contributed by atoms with Gasteiger partial charge in [-0.3, -0.25) is 4.79 Å². The van der Waals surface area contributed by atoms with Crippen LogP contribution in [0, 0.1) is 23.5 Å². The van der Waals surface area contributed by atoms with Gasteiger partial charge in [-0.2, -0.15) is 0 Å². The summed E-state index contributed by atoms with van der Waals surface area (Å²) in [5.74, 6) is -1.13. The van der Waals surface area contributed by atoms with E-state index in [1.54, 1.807) is 6.07 Å². The number of anilines is 2. The largest absolute Gasteiger partial charge is 0.453 e. The number of carbonyl (C=O) groups excluding carboxylic acids is 1. The van der Waals surface area contributed by atoms with Crippen molar-refractivity contribution in [2.24, 2.45) is 11.8 Å². The number of benzene rings is 2. The van der Waals surface area contributed by atoms with Crippen molar-refractivity contribution in [3.63, 3.8) is 0 Å². The van der Waals surface area contributed by atoms with Gasteiger partial charge in [-0.1, -0.05) is 0 Å². The maximum atomic E-state index is 14.2. The standard InChI is InChI=1S/C20H19BrF2N2O2/c1-9-11(19(26)10-2-3-10)6-12-17(25-9)5-4-13(21)20(12)27-18-8-14(22)16(24)7-15(18)23/h4-5,7-11,25H,2-3,6,24H2,1H3/t9-,11?/m0/s1. The van der Waals surface area contributed by atoms with Crippen LogP contribution >= 0.6 is 15.9 Å². The van der Waals surface area contributed by atoms with Crippen LogP contribution in [0.25, 0.3) is 0 Å². The fourth-order valence-corrected chi connectivity index (χ4v) is 3.99. The van der Waals surface area contributed by atoms with Gasteiger partial charge in [0.15, 0.2) is 11.6 Å². The number of rotatable bonds is 4. The molecule has 1 fully saturated rings. The zero-order valence-electron chi connectivity index (χ0n) is 14.7. The van der Waals surface area contributed by atoms with E-state index in [9.17, 15) is 13.6 Å². The van der Waals surface area contributed by atoms with Crippen LogP contribution in [0.15, 0.2) is 28.7 Å². The molecule has 2 aromatic carbocycles. The number of halogens is 3. The van der Waals surface area contributed by atoms with Crippen molar-refractivity contribution in [2.45, 2.75) is 32.2 Å². The third kappa shape index (κ3) is 3.40. The highest BCUT2D eigenvalue weighted by molar-refractivity contribution is 9.10. The molecule has 1 aliphatic carbocycles. The number of Topliss-reactive ketones (excluding diaryl/α,β-unsaturated/α-hetero) is 1. The first-order valence-electron chi connectivity index (χ1n) is 8.89. The van der Waals surface area contributed by atoms with Crippen LogP contribution in [0.1, 0.15) is 25.3 Å². The predicted molar refractivity (Wildman–Crippen MR) is 103 cm³/mol. The van der Waals surface area contributed by atoms with E-state index in [2.05, 4.69) is 21.2 Å². The number of ether oxygens (including phenoxy) is 1. The molecule has 0 spiro atoms. The minimum atomic E-state index is -0.749. The second-order valence-corrected chi connectivity index (χ2v) is 8.08. The first-order valence-corrected chi connectivity index (χ1v) is 9.68. The molecule has 0 aromatic heterocycles. The van der Waals surface area contributed by atoms with E-state index in [0.29, 0.717) is 16.6 Å². The maximum absolute atomic E-state index is 14.2. The minimum absolute atomic E-state index is 0.00493. The van der Waals surface area contributed by atoms with Crippen LogP contribution in [-0.2, 0) is 11.2 Å². The zero-order chi connectivity index (χ0) is 19.3. The Kier molecular flexibility index (Phi) is 4.58. The molecule has 1 aliphatic heterocycles.